The highest BCUT2D eigenvalue weighted by Crippen LogP contribution is 2.31. The highest BCUT2D eigenvalue weighted by Gasteiger charge is 2.25. The number of phenols is 1. The van der Waals surface area contributed by atoms with Crippen LogP contribution in [0.2, 0.25) is 0 Å². The largest absolute Gasteiger partial charge is 0.506 e. The maximum absolute atomic E-state index is 13.3. The van der Waals surface area contributed by atoms with E-state index in [0.717, 1.165) is 22.0 Å². The Balaban J connectivity index is 1.62. The van der Waals surface area contributed by atoms with E-state index in [1.165, 1.54) is 11.3 Å². The summed E-state index contributed by atoms with van der Waals surface area (Å²) < 4.78 is 0. The third kappa shape index (κ3) is 5.09. The Hall–Kier alpha value is -3.58. The van der Waals surface area contributed by atoms with Crippen molar-refractivity contribution in [2.24, 2.45) is 0 Å². The van der Waals surface area contributed by atoms with Crippen molar-refractivity contribution < 1.29 is 14.7 Å². The molecule has 4 aromatic rings. The monoisotopic (exact) mass is 461 g/mol. The van der Waals surface area contributed by atoms with Gasteiger partial charge in [0.15, 0.2) is 0 Å². The lowest BCUT2D eigenvalue weighted by Gasteiger charge is -2.22. The van der Waals surface area contributed by atoms with Crippen molar-refractivity contribution in [3.05, 3.63) is 82.2 Å². The quantitative estimate of drug-likeness (QED) is 0.297. The second-order valence-corrected chi connectivity index (χ2v) is 9.99. The van der Waals surface area contributed by atoms with Crippen LogP contribution in [0.15, 0.2) is 66.2 Å². The third-order valence-electron chi connectivity index (χ3n) is 5.59. The van der Waals surface area contributed by atoms with Gasteiger partial charge in [-0.2, -0.15) is 0 Å². The van der Waals surface area contributed by atoms with Crippen LogP contribution in [-0.4, -0.2) is 27.9 Å². The molecule has 0 spiro atoms. The molecule has 7 heteroatoms. The van der Waals surface area contributed by atoms with Gasteiger partial charge in [-0.15, -0.1) is 11.3 Å². The number of carbonyl (C=O) groups is 2. The summed E-state index contributed by atoms with van der Waals surface area (Å²) >= 11 is 1.32. The number of H-pyrrole nitrogens is 1. The van der Waals surface area contributed by atoms with E-state index in [9.17, 15) is 14.7 Å². The number of phenolic OH excluding ortho intramolecular Hbond substituents is 1. The first-order chi connectivity index (χ1) is 15.7. The first kappa shape index (κ1) is 22.6. The Morgan fingerprint density at radius 2 is 1.88 bits per heavy atom. The standard InChI is InChI=1S/C26H27N3O3S/c1-26(2,3)17-10-11-22(30)20(14-17)28-24(31)21(29-25(32)23-9-6-12-33-23)13-16-15-27-19-8-5-4-7-18(16)19/h4-12,14-15,21,27,30H,13H2,1-3H3,(H,28,31)(H,29,32)/t21-/m0/s1. The average molecular weight is 462 g/mol. The lowest BCUT2D eigenvalue weighted by Crippen LogP contribution is -2.45. The van der Waals surface area contributed by atoms with E-state index < -0.39 is 11.9 Å². The van der Waals surface area contributed by atoms with Crippen LogP contribution in [-0.2, 0) is 16.6 Å². The number of aromatic amines is 1. The van der Waals surface area contributed by atoms with E-state index in [1.807, 2.05) is 41.9 Å². The van der Waals surface area contributed by atoms with E-state index >= 15 is 0 Å². The molecule has 0 aliphatic heterocycles. The molecule has 0 aliphatic rings. The van der Waals surface area contributed by atoms with Gasteiger partial charge in [0.2, 0.25) is 5.91 Å². The summed E-state index contributed by atoms with van der Waals surface area (Å²) in [6.45, 7) is 6.18. The molecule has 2 heterocycles. The highest BCUT2D eigenvalue weighted by molar-refractivity contribution is 7.12. The number of hydrogen-bond donors (Lipinski definition) is 4. The summed E-state index contributed by atoms with van der Waals surface area (Å²) in [5.74, 6) is -0.726. The second-order valence-electron chi connectivity index (χ2n) is 9.04. The predicted octanol–water partition coefficient (Wildman–Crippen LogP) is 5.21. The number of thiophene rings is 1. The zero-order valence-corrected chi connectivity index (χ0v) is 19.6. The van der Waals surface area contributed by atoms with Crippen LogP contribution in [0, 0.1) is 0 Å². The first-order valence-corrected chi connectivity index (χ1v) is 11.6. The van der Waals surface area contributed by atoms with E-state index in [2.05, 4.69) is 36.4 Å². The minimum atomic E-state index is -0.837. The molecule has 33 heavy (non-hydrogen) atoms. The Bertz CT molecular complexity index is 1290. The molecule has 2 amide bonds. The number of aromatic hydroxyl groups is 1. The van der Waals surface area contributed by atoms with Crippen LogP contribution < -0.4 is 10.6 Å². The maximum Gasteiger partial charge on any atom is 0.262 e. The number of carbonyl (C=O) groups excluding carboxylic acids is 2. The highest BCUT2D eigenvalue weighted by atomic mass is 32.1. The average Bonchev–Trinajstić information content (AvgIpc) is 3.44. The van der Waals surface area contributed by atoms with Crippen molar-refractivity contribution in [2.75, 3.05) is 5.32 Å². The van der Waals surface area contributed by atoms with Gasteiger partial charge in [0, 0.05) is 23.5 Å². The SMILES string of the molecule is CC(C)(C)c1ccc(O)c(NC(=O)[C@H](Cc2c[nH]c3ccccc23)NC(=O)c2cccs2)c1. The van der Waals surface area contributed by atoms with E-state index in [0.29, 0.717) is 17.0 Å². The topological polar surface area (TPSA) is 94.2 Å². The van der Waals surface area contributed by atoms with E-state index in [4.69, 9.17) is 0 Å². The second kappa shape index (κ2) is 9.11. The normalized spacial score (nSPS) is 12.5. The fourth-order valence-corrected chi connectivity index (χ4v) is 4.32. The fraction of sp³-hybridized carbons (Fsp3) is 0.231. The zero-order valence-electron chi connectivity index (χ0n) is 18.8. The number of rotatable bonds is 6. The predicted molar refractivity (Wildman–Crippen MR) is 133 cm³/mol. The Morgan fingerprint density at radius 3 is 2.61 bits per heavy atom. The van der Waals surface area contributed by atoms with Crippen LogP contribution in [0.3, 0.4) is 0 Å². The molecule has 0 saturated heterocycles. The van der Waals surface area contributed by atoms with E-state index in [1.54, 1.807) is 24.3 Å². The van der Waals surface area contributed by atoms with Crippen LogP contribution in [0.5, 0.6) is 5.75 Å². The van der Waals surface area contributed by atoms with E-state index in [-0.39, 0.29) is 17.1 Å². The van der Waals surface area contributed by atoms with Crippen LogP contribution >= 0.6 is 11.3 Å². The number of hydrogen-bond acceptors (Lipinski definition) is 4. The summed E-state index contributed by atoms with van der Waals surface area (Å²) in [6, 6.07) is 15.7. The van der Waals surface area contributed by atoms with Crippen molar-refractivity contribution >= 4 is 39.7 Å². The molecule has 0 unspecified atom stereocenters. The molecule has 1 atom stereocenters. The van der Waals surface area contributed by atoms with Crippen molar-refractivity contribution in [3.63, 3.8) is 0 Å². The molecular weight excluding hydrogens is 434 g/mol. The molecule has 2 aromatic carbocycles. The van der Waals surface area contributed by atoms with Gasteiger partial charge in [-0.3, -0.25) is 9.59 Å². The van der Waals surface area contributed by atoms with Gasteiger partial charge in [0.1, 0.15) is 11.8 Å². The van der Waals surface area contributed by atoms with Gasteiger partial charge in [0.05, 0.1) is 10.6 Å². The van der Waals surface area contributed by atoms with Crippen molar-refractivity contribution in [1.82, 2.24) is 10.3 Å². The van der Waals surface area contributed by atoms with Crippen LogP contribution in [0.1, 0.15) is 41.6 Å². The molecular formula is C26H27N3O3S. The minimum Gasteiger partial charge on any atom is -0.506 e. The molecule has 0 fully saturated rings. The molecule has 2 aromatic heterocycles. The lowest BCUT2D eigenvalue weighted by atomic mass is 9.87. The summed E-state index contributed by atoms with van der Waals surface area (Å²) in [5, 5.41) is 18.9. The first-order valence-electron chi connectivity index (χ1n) is 10.8. The molecule has 0 aliphatic carbocycles. The number of nitrogens with one attached hydrogen (secondary N) is 3. The number of para-hydroxylation sites is 1. The van der Waals surface area contributed by atoms with Gasteiger partial charge in [-0.1, -0.05) is 51.1 Å². The van der Waals surface area contributed by atoms with Gasteiger partial charge in [-0.05, 0) is 46.2 Å². The van der Waals surface area contributed by atoms with Crippen molar-refractivity contribution in [2.45, 2.75) is 38.6 Å². The minimum absolute atomic E-state index is 0.0215. The van der Waals surface area contributed by atoms with Gasteiger partial charge < -0.3 is 20.7 Å². The number of fused-ring (bicyclic) bond motifs is 1. The number of amides is 2. The smallest absolute Gasteiger partial charge is 0.262 e. The van der Waals surface area contributed by atoms with Gasteiger partial charge >= 0.3 is 0 Å². The summed E-state index contributed by atoms with van der Waals surface area (Å²) in [6.07, 6.45) is 2.16. The maximum atomic E-state index is 13.3. The summed E-state index contributed by atoms with van der Waals surface area (Å²) in [4.78, 5) is 29.9. The zero-order chi connectivity index (χ0) is 23.6. The molecule has 6 nitrogen and oxygen atoms in total. The Labute approximate surface area is 196 Å². The molecule has 4 rings (SSSR count). The molecule has 0 bridgehead atoms. The molecule has 4 N–H and O–H groups in total. The Kier molecular flexibility index (Phi) is 6.24. The Morgan fingerprint density at radius 1 is 1.09 bits per heavy atom. The van der Waals surface area contributed by atoms with Crippen LogP contribution in [0.25, 0.3) is 10.9 Å². The van der Waals surface area contributed by atoms with Gasteiger partial charge in [0.25, 0.3) is 5.91 Å². The third-order valence-corrected chi connectivity index (χ3v) is 6.45. The summed E-state index contributed by atoms with van der Waals surface area (Å²) in [7, 11) is 0. The van der Waals surface area contributed by atoms with Gasteiger partial charge in [-0.25, -0.2) is 0 Å². The lowest BCUT2D eigenvalue weighted by molar-refractivity contribution is -0.118. The molecule has 0 radical (unpaired) electrons. The fourth-order valence-electron chi connectivity index (χ4n) is 3.69. The van der Waals surface area contributed by atoms with Crippen molar-refractivity contribution in [1.29, 1.82) is 0 Å². The molecule has 0 saturated carbocycles. The number of benzene rings is 2. The van der Waals surface area contributed by atoms with Crippen LogP contribution in [0.4, 0.5) is 5.69 Å². The number of anilines is 1. The summed E-state index contributed by atoms with van der Waals surface area (Å²) in [5.41, 5.74) is 3.04. The molecule has 170 valence electrons. The van der Waals surface area contributed by atoms with Crippen molar-refractivity contribution in [3.8, 4) is 5.75 Å². The number of aromatic nitrogens is 1.